The highest BCUT2D eigenvalue weighted by Crippen LogP contribution is 2.33. The van der Waals surface area contributed by atoms with Gasteiger partial charge in [0.05, 0.1) is 25.6 Å². The minimum absolute atomic E-state index is 0.168. The largest absolute Gasteiger partial charge is 0.393 e. The number of morpholine rings is 1. The standard InChI is InChI=1S/C20H27N3O2/c1-15-11-17(23-8-7-21-14-23)6-5-16(15)12-22-9-10-25-13-19(22)18-3-2-4-20(18)24/h5-8,11,14,18-20,24H,2-4,9-10,12-13H2,1H3. The van der Waals surface area contributed by atoms with E-state index >= 15 is 0 Å². The van der Waals surface area contributed by atoms with Crippen LogP contribution in [0.4, 0.5) is 0 Å². The molecule has 0 amide bonds. The van der Waals surface area contributed by atoms with Crippen molar-refractivity contribution in [2.45, 2.75) is 44.9 Å². The van der Waals surface area contributed by atoms with E-state index in [9.17, 15) is 5.11 Å². The van der Waals surface area contributed by atoms with Gasteiger partial charge in [0, 0.05) is 43.1 Å². The fraction of sp³-hybridized carbons (Fsp3) is 0.550. The Kier molecular flexibility index (Phi) is 4.88. The van der Waals surface area contributed by atoms with Crippen molar-refractivity contribution in [3.63, 3.8) is 0 Å². The highest BCUT2D eigenvalue weighted by atomic mass is 16.5. The van der Waals surface area contributed by atoms with Gasteiger partial charge in [-0.2, -0.15) is 0 Å². The molecule has 0 spiro atoms. The average molecular weight is 341 g/mol. The summed E-state index contributed by atoms with van der Waals surface area (Å²) in [6.07, 6.45) is 8.61. The van der Waals surface area contributed by atoms with Gasteiger partial charge >= 0.3 is 0 Å². The second-order valence-electron chi connectivity index (χ2n) is 7.36. The fourth-order valence-electron chi connectivity index (χ4n) is 4.31. The number of ether oxygens (including phenoxy) is 1. The Morgan fingerprint density at radius 2 is 2.24 bits per heavy atom. The molecule has 134 valence electrons. The van der Waals surface area contributed by atoms with Crippen molar-refractivity contribution in [2.24, 2.45) is 5.92 Å². The van der Waals surface area contributed by atoms with Crippen LogP contribution in [0.5, 0.6) is 0 Å². The maximum atomic E-state index is 10.3. The first kappa shape index (κ1) is 16.8. The number of aromatic nitrogens is 2. The number of nitrogens with zero attached hydrogens (tertiary/aromatic N) is 3. The van der Waals surface area contributed by atoms with Gasteiger partial charge in [0.25, 0.3) is 0 Å². The molecule has 3 unspecified atom stereocenters. The summed E-state index contributed by atoms with van der Waals surface area (Å²) in [5.41, 5.74) is 3.79. The molecular weight excluding hydrogens is 314 g/mol. The summed E-state index contributed by atoms with van der Waals surface area (Å²) in [5, 5.41) is 10.3. The molecule has 0 bridgehead atoms. The van der Waals surface area contributed by atoms with E-state index in [0.29, 0.717) is 12.0 Å². The lowest BCUT2D eigenvalue weighted by atomic mass is 9.93. The van der Waals surface area contributed by atoms with Gasteiger partial charge in [0.15, 0.2) is 0 Å². The van der Waals surface area contributed by atoms with E-state index in [4.69, 9.17) is 4.74 Å². The molecular formula is C20H27N3O2. The first-order valence-electron chi connectivity index (χ1n) is 9.30. The van der Waals surface area contributed by atoms with E-state index in [0.717, 1.165) is 51.3 Å². The molecule has 5 heteroatoms. The molecule has 1 saturated carbocycles. The second kappa shape index (κ2) is 7.28. The number of aliphatic hydroxyl groups is 1. The summed E-state index contributed by atoms with van der Waals surface area (Å²) in [7, 11) is 0. The summed E-state index contributed by atoms with van der Waals surface area (Å²) in [5.74, 6) is 0.353. The first-order chi connectivity index (χ1) is 12.2. The molecule has 2 heterocycles. The number of aryl methyl sites for hydroxylation is 1. The van der Waals surface area contributed by atoms with Crippen LogP contribution in [0, 0.1) is 12.8 Å². The van der Waals surface area contributed by atoms with E-state index in [1.165, 1.54) is 11.1 Å². The Labute approximate surface area is 149 Å². The minimum Gasteiger partial charge on any atom is -0.393 e. The molecule has 1 aromatic heterocycles. The zero-order valence-corrected chi connectivity index (χ0v) is 14.8. The smallest absolute Gasteiger partial charge is 0.0991 e. The lowest BCUT2D eigenvalue weighted by Crippen LogP contribution is -2.50. The summed E-state index contributed by atoms with van der Waals surface area (Å²) in [4.78, 5) is 6.64. The highest BCUT2D eigenvalue weighted by molar-refractivity contribution is 5.40. The summed E-state index contributed by atoms with van der Waals surface area (Å²) < 4.78 is 7.78. The van der Waals surface area contributed by atoms with Crippen LogP contribution in [-0.2, 0) is 11.3 Å². The molecule has 1 saturated heterocycles. The van der Waals surface area contributed by atoms with Crippen molar-refractivity contribution in [3.8, 4) is 5.69 Å². The molecule has 1 N–H and O–H groups in total. The Hall–Kier alpha value is -1.69. The highest BCUT2D eigenvalue weighted by Gasteiger charge is 2.37. The number of hydrogen-bond acceptors (Lipinski definition) is 4. The topological polar surface area (TPSA) is 50.5 Å². The molecule has 5 nitrogen and oxygen atoms in total. The van der Waals surface area contributed by atoms with Gasteiger partial charge in [-0.15, -0.1) is 0 Å². The van der Waals surface area contributed by atoms with E-state index in [1.807, 2.05) is 17.1 Å². The van der Waals surface area contributed by atoms with Crippen molar-refractivity contribution >= 4 is 0 Å². The normalized spacial score (nSPS) is 27.7. The van der Waals surface area contributed by atoms with Crippen LogP contribution < -0.4 is 0 Å². The Morgan fingerprint density at radius 3 is 2.96 bits per heavy atom. The molecule has 3 atom stereocenters. The maximum absolute atomic E-state index is 10.3. The molecule has 4 rings (SSSR count). The monoisotopic (exact) mass is 341 g/mol. The van der Waals surface area contributed by atoms with Gasteiger partial charge in [0.1, 0.15) is 0 Å². The third kappa shape index (κ3) is 3.50. The molecule has 1 aliphatic heterocycles. The Morgan fingerprint density at radius 1 is 1.32 bits per heavy atom. The van der Waals surface area contributed by atoms with Gasteiger partial charge in [0.2, 0.25) is 0 Å². The average Bonchev–Trinajstić information content (AvgIpc) is 3.29. The molecule has 25 heavy (non-hydrogen) atoms. The lowest BCUT2D eigenvalue weighted by molar-refractivity contribution is -0.0537. The first-order valence-corrected chi connectivity index (χ1v) is 9.30. The van der Waals surface area contributed by atoms with Crippen LogP contribution in [0.3, 0.4) is 0 Å². The van der Waals surface area contributed by atoms with E-state index in [1.54, 1.807) is 6.20 Å². The van der Waals surface area contributed by atoms with Gasteiger partial charge in [-0.05, 0) is 43.0 Å². The molecule has 0 radical (unpaired) electrons. The molecule has 1 aliphatic carbocycles. The third-order valence-electron chi connectivity index (χ3n) is 5.81. The number of imidazole rings is 1. The van der Waals surface area contributed by atoms with Crippen LogP contribution in [0.15, 0.2) is 36.9 Å². The molecule has 2 aromatic rings. The molecule has 1 aromatic carbocycles. The third-order valence-corrected chi connectivity index (χ3v) is 5.81. The maximum Gasteiger partial charge on any atom is 0.0991 e. The van der Waals surface area contributed by atoms with Crippen molar-refractivity contribution in [1.82, 2.24) is 14.5 Å². The second-order valence-corrected chi connectivity index (χ2v) is 7.36. The predicted molar refractivity (Wildman–Crippen MR) is 96.7 cm³/mol. The van der Waals surface area contributed by atoms with Crippen molar-refractivity contribution in [3.05, 3.63) is 48.0 Å². The number of benzene rings is 1. The zero-order chi connectivity index (χ0) is 17.2. The van der Waals surface area contributed by atoms with Crippen molar-refractivity contribution < 1.29 is 9.84 Å². The fourth-order valence-corrected chi connectivity index (χ4v) is 4.31. The number of aliphatic hydroxyl groups excluding tert-OH is 1. The summed E-state index contributed by atoms with van der Waals surface area (Å²) in [6, 6.07) is 6.93. The van der Waals surface area contributed by atoms with Gasteiger partial charge in [-0.25, -0.2) is 4.98 Å². The van der Waals surface area contributed by atoms with Gasteiger partial charge in [-0.3, -0.25) is 4.90 Å². The predicted octanol–water partition coefficient (Wildman–Crippen LogP) is 2.54. The van der Waals surface area contributed by atoms with Crippen LogP contribution in [0.2, 0.25) is 0 Å². The van der Waals surface area contributed by atoms with Gasteiger partial charge < -0.3 is 14.4 Å². The molecule has 2 fully saturated rings. The van der Waals surface area contributed by atoms with Crippen LogP contribution in [0.1, 0.15) is 30.4 Å². The Bertz CT molecular complexity index is 701. The lowest BCUT2D eigenvalue weighted by Gasteiger charge is -2.40. The van der Waals surface area contributed by atoms with Crippen LogP contribution in [0.25, 0.3) is 5.69 Å². The summed E-state index contributed by atoms with van der Waals surface area (Å²) in [6.45, 7) is 5.57. The van der Waals surface area contributed by atoms with E-state index < -0.39 is 0 Å². The van der Waals surface area contributed by atoms with Crippen LogP contribution >= 0.6 is 0 Å². The van der Waals surface area contributed by atoms with Crippen LogP contribution in [-0.4, -0.2) is 51.5 Å². The van der Waals surface area contributed by atoms with E-state index in [2.05, 4.69) is 35.0 Å². The molecule has 2 aliphatic rings. The zero-order valence-electron chi connectivity index (χ0n) is 14.8. The van der Waals surface area contributed by atoms with Gasteiger partial charge in [-0.1, -0.05) is 12.5 Å². The minimum atomic E-state index is -0.168. The number of hydrogen-bond donors (Lipinski definition) is 1. The van der Waals surface area contributed by atoms with Crippen molar-refractivity contribution in [2.75, 3.05) is 19.8 Å². The SMILES string of the molecule is Cc1cc(-n2ccnc2)ccc1CN1CCOCC1C1CCCC1O. The van der Waals surface area contributed by atoms with E-state index in [-0.39, 0.29) is 6.10 Å². The summed E-state index contributed by atoms with van der Waals surface area (Å²) >= 11 is 0. The Balaban J connectivity index is 1.51. The van der Waals surface area contributed by atoms with Crippen molar-refractivity contribution in [1.29, 1.82) is 0 Å². The number of rotatable bonds is 4. The quantitative estimate of drug-likeness (QED) is 0.928.